The molecule has 0 bridgehead atoms. The van der Waals surface area contributed by atoms with Gasteiger partial charge in [-0.1, -0.05) is 34.1 Å². The highest BCUT2D eigenvalue weighted by molar-refractivity contribution is 5.85. The van der Waals surface area contributed by atoms with Gasteiger partial charge in [0, 0.05) is 18.4 Å². The molecule has 0 aromatic rings. The van der Waals surface area contributed by atoms with E-state index in [0.717, 1.165) is 32.1 Å². The van der Waals surface area contributed by atoms with Crippen molar-refractivity contribution in [2.75, 3.05) is 6.54 Å². The average Bonchev–Trinajstić information content (AvgIpc) is 2.68. The minimum absolute atomic E-state index is 0. The number of quaternary nitrogens is 1. The molecule has 0 radical (unpaired) electrons. The molecule has 0 aromatic carbocycles. The summed E-state index contributed by atoms with van der Waals surface area (Å²) >= 11 is 0. The third kappa shape index (κ3) is 7.95. The first kappa shape index (κ1) is 26.7. The lowest BCUT2D eigenvalue weighted by atomic mass is 9.81. The molecule has 8 heteroatoms. The lowest BCUT2D eigenvalue weighted by Gasteiger charge is -2.30. The van der Waals surface area contributed by atoms with Crippen molar-refractivity contribution in [3.05, 3.63) is 0 Å². The van der Waals surface area contributed by atoms with Crippen molar-refractivity contribution in [2.24, 2.45) is 23.7 Å². The number of carbonyl (C=O) groups excluding carboxylic acids is 2. The van der Waals surface area contributed by atoms with Crippen molar-refractivity contribution in [2.45, 2.75) is 78.3 Å². The van der Waals surface area contributed by atoms with Crippen LogP contribution in [0.25, 0.3) is 0 Å². The number of hydrogen-bond donors (Lipinski definition) is 4. The molecule has 0 aliphatic heterocycles. The van der Waals surface area contributed by atoms with Gasteiger partial charge in [0.1, 0.15) is 6.04 Å². The Morgan fingerprint density at radius 2 is 1.57 bits per heavy atom. The summed E-state index contributed by atoms with van der Waals surface area (Å²) in [4.78, 5) is 36.0. The maximum atomic E-state index is 12.5. The molecule has 164 valence electrons. The molecule has 1 rings (SSSR count). The molecular weight excluding hydrogens is 382 g/mol. The summed E-state index contributed by atoms with van der Waals surface area (Å²) in [6.45, 7) is 8.47. The van der Waals surface area contributed by atoms with Crippen molar-refractivity contribution >= 4 is 17.8 Å². The Kier molecular flexibility index (Phi) is 12.4. The van der Waals surface area contributed by atoms with Crippen molar-refractivity contribution < 1.29 is 37.6 Å². The van der Waals surface area contributed by atoms with Gasteiger partial charge in [-0.2, -0.15) is 0 Å². The van der Waals surface area contributed by atoms with Crippen LogP contribution < -0.4 is 28.8 Å². The Bertz CT molecular complexity index is 510. The second-order valence-electron chi connectivity index (χ2n) is 8.16. The lowest BCUT2D eigenvalue weighted by Crippen LogP contribution is -3.00. The van der Waals surface area contributed by atoms with Gasteiger partial charge in [0.15, 0.2) is 6.04 Å². The SMILES string of the molecule is CCC(C)[C@H]([NH3+])C(=O)NCC1CCC(C(=O)N[C@H](C(=O)O)C(C)CC)CC1.[Cl-]. The van der Waals surface area contributed by atoms with Gasteiger partial charge in [0.2, 0.25) is 5.91 Å². The molecule has 1 aliphatic rings. The maximum Gasteiger partial charge on any atom is 0.326 e. The second kappa shape index (κ2) is 13.0. The number of carboxylic acid groups (broad SMARTS) is 1. The van der Waals surface area contributed by atoms with Crippen LogP contribution >= 0.6 is 0 Å². The summed E-state index contributed by atoms with van der Waals surface area (Å²) in [5.74, 6) is -0.730. The van der Waals surface area contributed by atoms with E-state index >= 15 is 0 Å². The second-order valence-corrected chi connectivity index (χ2v) is 8.16. The highest BCUT2D eigenvalue weighted by Gasteiger charge is 2.32. The Morgan fingerprint density at radius 3 is 2.04 bits per heavy atom. The zero-order valence-corrected chi connectivity index (χ0v) is 18.4. The normalized spacial score (nSPS) is 23.5. The molecule has 1 aliphatic carbocycles. The van der Waals surface area contributed by atoms with Crippen molar-refractivity contribution in [3.8, 4) is 0 Å². The van der Waals surface area contributed by atoms with Gasteiger partial charge in [-0.05, 0) is 43.9 Å². The number of carboxylic acids is 1. The molecular formula is C20H38ClN3O4. The van der Waals surface area contributed by atoms with E-state index in [9.17, 15) is 19.5 Å². The van der Waals surface area contributed by atoms with Crippen LogP contribution in [0.3, 0.4) is 0 Å². The monoisotopic (exact) mass is 419 g/mol. The van der Waals surface area contributed by atoms with Crippen LogP contribution in [0.5, 0.6) is 0 Å². The minimum atomic E-state index is -0.974. The highest BCUT2D eigenvalue weighted by Crippen LogP contribution is 2.29. The van der Waals surface area contributed by atoms with Crippen molar-refractivity contribution in [1.82, 2.24) is 10.6 Å². The smallest absolute Gasteiger partial charge is 0.326 e. The predicted octanol–water partition coefficient (Wildman–Crippen LogP) is -1.81. The first-order chi connectivity index (χ1) is 12.7. The number of aliphatic carboxylic acids is 1. The molecule has 1 saturated carbocycles. The average molecular weight is 420 g/mol. The van der Waals surface area contributed by atoms with E-state index in [0.29, 0.717) is 18.9 Å². The van der Waals surface area contributed by atoms with E-state index in [1.165, 1.54) is 0 Å². The van der Waals surface area contributed by atoms with Crippen molar-refractivity contribution in [1.29, 1.82) is 0 Å². The van der Waals surface area contributed by atoms with Crippen molar-refractivity contribution in [3.63, 3.8) is 0 Å². The molecule has 2 amide bonds. The summed E-state index contributed by atoms with van der Waals surface area (Å²) in [5, 5.41) is 15.0. The van der Waals surface area contributed by atoms with Crippen LogP contribution in [-0.2, 0) is 14.4 Å². The van der Waals surface area contributed by atoms with Crippen LogP contribution in [0.2, 0.25) is 0 Å². The molecule has 1 fully saturated rings. The van der Waals surface area contributed by atoms with E-state index < -0.39 is 12.0 Å². The van der Waals surface area contributed by atoms with E-state index in [2.05, 4.69) is 23.3 Å². The molecule has 0 spiro atoms. The van der Waals surface area contributed by atoms with Gasteiger partial charge >= 0.3 is 5.97 Å². The van der Waals surface area contributed by atoms with Crippen LogP contribution in [-0.4, -0.2) is 41.5 Å². The summed E-state index contributed by atoms with van der Waals surface area (Å²) in [6.07, 6.45) is 4.83. The number of carbonyl (C=O) groups is 3. The fourth-order valence-corrected chi connectivity index (χ4v) is 3.50. The van der Waals surface area contributed by atoms with E-state index in [1.807, 2.05) is 20.8 Å². The van der Waals surface area contributed by atoms with Gasteiger partial charge in [-0.25, -0.2) is 4.79 Å². The fourth-order valence-electron chi connectivity index (χ4n) is 3.50. The van der Waals surface area contributed by atoms with Gasteiger partial charge in [0.05, 0.1) is 0 Å². The Morgan fingerprint density at radius 1 is 1.04 bits per heavy atom. The number of halogens is 1. The number of rotatable bonds is 10. The third-order valence-corrected chi connectivity index (χ3v) is 6.23. The molecule has 4 atom stereocenters. The Labute approximate surface area is 175 Å². The molecule has 0 aromatic heterocycles. The van der Waals surface area contributed by atoms with E-state index in [1.54, 1.807) is 0 Å². The van der Waals surface area contributed by atoms with E-state index in [-0.39, 0.29) is 48.0 Å². The zero-order chi connectivity index (χ0) is 20.6. The largest absolute Gasteiger partial charge is 1.00 e. The third-order valence-electron chi connectivity index (χ3n) is 6.23. The number of hydrogen-bond acceptors (Lipinski definition) is 3. The first-order valence-electron chi connectivity index (χ1n) is 10.3. The number of nitrogens with one attached hydrogen (secondary N) is 2. The summed E-state index contributed by atoms with van der Waals surface area (Å²) in [7, 11) is 0. The standard InChI is InChI=1S/C20H37N3O4.ClH/c1-5-12(3)16(21)19(25)22-11-14-7-9-15(10-8-14)18(24)23-17(20(26)27)13(4)6-2;/h12-17H,5-11,21H2,1-4H3,(H,22,25)(H,23,24)(H,26,27);1H/t12?,13?,14?,15?,16-,17-;/m0./s1. The van der Waals surface area contributed by atoms with Crippen LogP contribution in [0.15, 0.2) is 0 Å². The minimum Gasteiger partial charge on any atom is -1.00 e. The van der Waals surface area contributed by atoms with Gasteiger partial charge < -0.3 is 33.9 Å². The first-order valence-corrected chi connectivity index (χ1v) is 10.3. The predicted molar refractivity (Wildman–Crippen MR) is 104 cm³/mol. The molecule has 0 heterocycles. The summed E-state index contributed by atoms with van der Waals surface area (Å²) < 4.78 is 0. The van der Waals surface area contributed by atoms with Gasteiger partial charge in [-0.3, -0.25) is 9.59 Å². The number of amides is 2. The van der Waals surface area contributed by atoms with E-state index in [4.69, 9.17) is 0 Å². The molecule has 7 nitrogen and oxygen atoms in total. The quantitative estimate of drug-likeness (QED) is 0.333. The molecule has 2 unspecified atom stereocenters. The zero-order valence-electron chi connectivity index (χ0n) is 17.7. The maximum absolute atomic E-state index is 12.5. The van der Waals surface area contributed by atoms with Crippen LogP contribution in [0, 0.1) is 23.7 Å². The Hall–Kier alpha value is -1.34. The molecule has 28 heavy (non-hydrogen) atoms. The van der Waals surface area contributed by atoms with Crippen LogP contribution in [0.4, 0.5) is 0 Å². The Balaban J connectivity index is 0.00000729. The topological polar surface area (TPSA) is 123 Å². The van der Waals surface area contributed by atoms with Crippen LogP contribution in [0.1, 0.15) is 66.2 Å². The molecule has 6 N–H and O–H groups in total. The molecule has 0 saturated heterocycles. The highest BCUT2D eigenvalue weighted by atomic mass is 35.5. The fraction of sp³-hybridized carbons (Fsp3) is 0.850. The van der Waals surface area contributed by atoms with Gasteiger partial charge in [0.25, 0.3) is 5.91 Å². The summed E-state index contributed by atoms with van der Waals surface area (Å²) in [5.41, 5.74) is 3.96. The van der Waals surface area contributed by atoms with Gasteiger partial charge in [-0.15, -0.1) is 0 Å². The summed E-state index contributed by atoms with van der Waals surface area (Å²) in [6, 6.07) is -1.06. The lowest BCUT2D eigenvalue weighted by molar-refractivity contribution is -0.415.